The van der Waals surface area contributed by atoms with Gasteiger partial charge in [-0.2, -0.15) is 0 Å². The second kappa shape index (κ2) is 8.37. The molecule has 8 heteroatoms. The first-order chi connectivity index (χ1) is 11.3. The minimum absolute atomic E-state index is 0.753. The van der Waals surface area contributed by atoms with Gasteiger partial charge in [0.25, 0.3) is 0 Å². The maximum Gasteiger partial charge on any atom is 0.347 e. The van der Waals surface area contributed by atoms with Crippen molar-refractivity contribution in [1.82, 2.24) is 0 Å². The maximum atomic E-state index is 6.67. The lowest BCUT2D eigenvalue weighted by Crippen LogP contribution is -2.68. The average Bonchev–Trinajstić information content (AvgIpc) is 2.63. The molecule has 0 N–H and O–H groups in total. The van der Waals surface area contributed by atoms with Gasteiger partial charge >= 0.3 is 34.2 Å². The van der Waals surface area contributed by atoms with Gasteiger partial charge in [0.05, 0.1) is 0 Å². The lowest BCUT2D eigenvalue weighted by Gasteiger charge is -2.50. The summed E-state index contributed by atoms with van der Waals surface area (Å²) in [6.45, 7) is 24.3. The zero-order chi connectivity index (χ0) is 18.5. The van der Waals surface area contributed by atoms with E-state index in [4.69, 9.17) is 16.5 Å². The van der Waals surface area contributed by atoms with Crippen molar-refractivity contribution in [3.63, 3.8) is 0 Å². The second-order valence-electron chi connectivity index (χ2n) is 5.89. The van der Waals surface area contributed by atoms with Crippen LogP contribution in [0.15, 0.2) is 49.1 Å². The van der Waals surface area contributed by atoms with E-state index < -0.39 is 34.2 Å². The molecule has 1 rings (SSSR count). The van der Waals surface area contributed by atoms with Crippen molar-refractivity contribution in [1.29, 1.82) is 0 Å². The summed E-state index contributed by atoms with van der Waals surface area (Å²) in [4.78, 5) is 0. The van der Waals surface area contributed by atoms with Crippen LogP contribution in [0.3, 0.4) is 0 Å². The Labute approximate surface area is 151 Å². The van der Waals surface area contributed by atoms with Gasteiger partial charge in [-0.1, -0.05) is 50.5 Å². The Kier molecular flexibility index (Phi) is 7.57. The van der Waals surface area contributed by atoms with Gasteiger partial charge in [-0.15, -0.1) is 26.3 Å². The molecule has 0 spiro atoms. The van der Waals surface area contributed by atoms with E-state index in [0.717, 1.165) is 24.2 Å². The maximum absolute atomic E-state index is 6.67. The van der Waals surface area contributed by atoms with Crippen molar-refractivity contribution in [2.45, 2.75) is 51.9 Å². The van der Waals surface area contributed by atoms with Crippen molar-refractivity contribution in [3.8, 4) is 0 Å². The molecule has 136 valence electrons. The third-order valence-corrected chi connectivity index (χ3v) is 22.1. The first-order valence-corrected chi connectivity index (χ1v) is 17.1. The molecular formula is C16H32O4Si4. The van der Waals surface area contributed by atoms with Crippen LogP contribution in [0.4, 0.5) is 0 Å². The monoisotopic (exact) mass is 400 g/mol. The quantitative estimate of drug-likeness (QED) is 0.548. The van der Waals surface area contributed by atoms with Gasteiger partial charge in [-0.3, -0.25) is 0 Å². The highest BCUT2D eigenvalue weighted by atomic mass is 28.5. The molecule has 1 aliphatic heterocycles. The van der Waals surface area contributed by atoms with Crippen molar-refractivity contribution >= 4 is 34.2 Å². The number of hydrogen-bond acceptors (Lipinski definition) is 4. The Morgan fingerprint density at radius 2 is 0.667 bits per heavy atom. The Balaban J connectivity index is 3.56. The summed E-state index contributed by atoms with van der Waals surface area (Å²) >= 11 is 0. The molecule has 0 saturated carbocycles. The van der Waals surface area contributed by atoms with E-state index in [1.165, 1.54) is 0 Å². The Bertz CT molecular complexity index is 398. The van der Waals surface area contributed by atoms with Crippen LogP contribution in [0.2, 0.25) is 24.2 Å². The number of rotatable bonds is 8. The van der Waals surface area contributed by atoms with Gasteiger partial charge in [0.2, 0.25) is 0 Å². The molecule has 0 unspecified atom stereocenters. The van der Waals surface area contributed by atoms with E-state index in [1.54, 1.807) is 0 Å². The van der Waals surface area contributed by atoms with Crippen LogP contribution in [0.1, 0.15) is 27.7 Å². The lowest BCUT2D eigenvalue weighted by atomic mass is 11.0. The summed E-state index contributed by atoms with van der Waals surface area (Å²) in [6, 6.07) is 3.01. The van der Waals surface area contributed by atoms with Crippen molar-refractivity contribution < 1.29 is 16.5 Å². The topological polar surface area (TPSA) is 36.9 Å². The molecule has 1 heterocycles. The van der Waals surface area contributed by atoms with E-state index in [-0.39, 0.29) is 0 Å². The first-order valence-electron chi connectivity index (χ1n) is 8.66. The van der Waals surface area contributed by atoms with E-state index >= 15 is 0 Å². The highest BCUT2D eigenvalue weighted by Gasteiger charge is 2.58. The van der Waals surface area contributed by atoms with Gasteiger partial charge in [0.1, 0.15) is 0 Å². The van der Waals surface area contributed by atoms with Gasteiger partial charge in [0, 0.05) is 0 Å². The SMILES string of the molecule is C=C[Si]1(CC)O[Si](C=C)(CC)O[Si](C=C)(CC)O[Si](C=C)(CC)O1. The molecule has 24 heavy (non-hydrogen) atoms. The van der Waals surface area contributed by atoms with Crippen LogP contribution in [0, 0.1) is 0 Å². The zero-order valence-corrected chi connectivity index (χ0v) is 19.6. The fraction of sp³-hybridized carbons (Fsp3) is 0.500. The average molecular weight is 401 g/mol. The highest BCUT2D eigenvalue weighted by Crippen LogP contribution is 2.38. The predicted molar refractivity (Wildman–Crippen MR) is 110 cm³/mol. The Morgan fingerprint density at radius 3 is 0.750 bits per heavy atom. The summed E-state index contributed by atoms with van der Waals surface area (Å²) in [5.74, 6) is 0. The van der Waals surface area contributed by atoms with Crippen LogP contribution in [0.5, 0.6) is 0 Å². The third-order valence-electron chi connectivity index (χ3n) is 4.60. The molecule has 0 radical (unpaired) electrons. The van der Waals surface area contributed by atoms with Crippen LogP contribution in [-0.2, 0) is 16.5 Å². The third kappa shape index (κ3) is 4.07. The van der Waals surface area contributed by atoms with Crippen LogP contribution in [0.25, 0.3) is 0 Å². The van der Waals surface area contributed by atoms with Crippen molar-refractivity contribution in [2.75, 3.05) is 0 Å². The fourth-order valence-corrected chi connectivity index (χ4v) is 22.7. The van der Waals surface area contributed by atoms with Crippen molar-refractivity contribution in [2.24, 2.45) is 0 Å². The molecular weight excluding hydrogens is 369 g/mol. The van der Waals surface area contributed by atoms with E-state index in [0.29, 0.717) is 0 Å². The Hall–Kier alpha value is -0.332. The molecule has 1 saturated heterocycles. The Morgan fingerprint density at radius 1 is 0.500 bits per heavy atom. The smallest absolute Gasteiger partial charge is 0.347 e. The molecule has 0 aromatic rings. The van der Waals surface area contributed by atoms with Crippen LogP contribution >= 0.6 is 0 Å². The lowest BCUT2D eigenvalue weighted by molar-refractivity contribution is 0.237. The predicted octanol–water partition coefficient (Wildman–Crippen LogP) is 4.82. The summed E-state index contributed by atoms with van der Waals surface area (Å²) in [5.41, 5.74) is 7.43. The zero-order valence-electron chi connectivity index (χ0n) is 15.6. The second-order valence-corrected chi connectivity index (χ2v) is 20.1. The van der Waals surface area contributed by atoms with Gasteiger partial charge in [0.15, 0.2) is 0 Å². The highest BCUT2D eigenvalue weighted by molar-refractivity contribution is 6.99. The normalized spacial score (nSPS) is 40.2. The summed E-state index contributed by atoms with van der Waals surface area (Å²) in [7, 11) is -10.7. The van der Waals surface area contributed by atoms with Gasteiger partial charge in [-0.05, 0) is 24.2 Å². The fourth-order valence-electron chi connectivity index (χ4n) is 2.74. The summed E-state index contributed by atoms with van der Waals surface area (Å²) in [5, 5.41) is 0. The summed E-state index contributed by atoms with van der Waals surface area (Å²) < 4.78 is 26.7. The molecule has 0 aliphatic carbocycles. The largest absolute Gasteiger partial charge is 0.409 e. The summed E-state index contributed by atoms with van der Waals surface area (Å²) in [6.07, 6.45) is 0. The molecule has 0 aromatic carbocycles. The molecule has 1 aliphatic rings. The van der Waals surface area contributed by atoms with Crippen molar-refractivity contribution in [3.05, 3.63) is 49.1 Å². The molecule has 0 bridgehead atoms. The molecule has 0 atom stereocenters. The minimum Gasteiger partial charge on any atom is -0.409 e. The molecule has 0 amide bonds. The molecule has 0 aromatic heterocycles. The van der Waals surface area contributed by atoms with Gasteiger partial charge in [-0.25, -0.2) is 0 Å². The van der Waals surface area contributed by atoms with E-state index in [2.05, 4.69) is 54.0 Å². The number of hydrogen-bond donors (Lipinski definition) is 0. The first kappa shape index (κ1) is 21.7. The van der Waals surface area contributed by atoms with E-state index in [1.807, 2.05) is 22.8 Å². The van der Waals surface area contributed by atoms with Crippen LogP contribution < -0.4 is 0 Å². The van der Waals surface area contributed by atoms with Gasteiger partial charge < -0.3 is 16.5 Å². The van der Waals surface area contributed by atoms with Crippen LogP contribution in [-0.4, -0.2) is 34.2 Å². The van der Waals surface area contributed by atoms with E-state index in [9.17, 15) is 0 Å². The molecule has 1 fully saturated rings. The molecule has 4 nitrogen and oxygen atoms in total. The minimum atomic E-state index is -2.67. The standard InChI is InChI=1S/C16H32O4Si4/c1-9-21(10-2)17-22(11-3,12-4)19-24(15-7,16-8)20-23(13-5,14-6)18-21/h9,11,13,15H,1,3,5,7,10,12,14,16H2,2,4,6,8H3.